The second-order valence-electron chi connectivity index (χ2n) is 0.334. The van der Waals surface area contributed by atoms with E-state index in [2.05, 4.69) is 5.64 Å². The Morgan fingerprint density at radius 2 is 1.50 bits per heavy atom. The van der Waals surface area contributed by atoms with Gasteiger partial charge in [-0.05, 0) is 0 Å². The predicted molar refractivity (Wildman–Crippen MR) is 21.6 cm³/mol. The van der Waals surface area contributed by atoms with Gasteiger partial charge in [0, 0.05) is 0 Å². The molecule has 0 saturated carbocycles. The Morgan fingerprint density at radius 1 is 1.50 bits per heavy atom. The fourth-order valence-electron chi connectivity index (χ4n) is 0. The molecule has 0 aromatic heterocycles. The van der Waals surface area contributed by atoms with Crippen LogP contribution in [-0.4, -0.2) is 5.68 Å². The maximum atomic E-state index is 4.82. The molecule has 0 bridgehead atoms. The highest BCUT2D eigenvalue weighted by Gasteiger charge is 1.87. The van der Waals surface area contributed by atoms with Crippen molar-refractivity contribution in [1.82, 2.24) is 0 Å². The van der Waals surface area contributed by atoms with Crippen molar-refractivity contribution in [2.75, 3.05) is 0 Å². The first-order valence-electron chi connectivity index (χ1n) is 0.770. The average Bonchev–Trinajstić information content (AvgIpc) is 0.811. The molecule has 0 saturated heterocycles. The first-order chi connectivity index (χ1) is 1.73. The van der Waals surface area contributed by atoms with Gasteiger partial charge in [0.2, 0.25) is 0 Å². The van der Waals surface area contributed by atoms with Gasteiger partial charge in [0.25, 0.3) is 0 Å². The molecule has 0 unspecified atom stereocenters. The Labute approximate surface area is 35.0 Å². The summed E-state index contributed by atoms with van der Waals surface area (Å²) in [5, 5.41) is 0. The Kier molecular flexibility index (Phi) is 2.17. The van der Waals surface area contributed by atoms with Crippen LogP contribution >= 0.6 is 22.9 Å². The topological polar surface area (TPSA) is 26.0 Å². The van der Waals surface area contributed by atoms with E-state index in [1.807, 2.05) is 0 Å². The van der Waals surface area contributed by atoms with Crippen molar-refractivity contribution in [3.8, 4) is 0 Å². The van der Waals surface area contributed by atoms with Crippen molar-refractivity contribution in [2.45, 2.75) is 0 Å². The number of hydrogen-bond acceptors (Lipinski definition) is 1. The highest BCUT2D eigenvalue weighted by atomic mass is 35.5. The minimum Gasteiger partial charge on any atom is -0.342 e. The predicted octanol–water partition coefficient (Wildman–Crippen LogP) is 0.408. The normalized spacial score (nSPS) is 6.75. The van der Waals surface area contributed by atoms with Gasteiger partial charge in [0.1, 0.15) is 0 Å². The molecule has 0 atom stereocenters. The van der Waals surface area contributed by atoms with Crippen molar-refractivity contribution in [2.24, 2.45) is 5.64 Å². The highest BCUT2D eigenvalue weighted by molar-refractivity contribution is 7.32. The van der Waals surface area contributed by atoms with Crippen molar-refractivity contribution < 1.29 is 0 Å². The molecule has 4 heavy (non-hydrogen) atoms. The second kappa shape index (κ2) is 1.88. The van der Waals surface area contributed by atoms with E-state index >= 15 is 0 Å². The van der Waals surface area contributed by atoms with Crippen molar-refractivity contribution in [3.05, 3.63) is 0 Å². The van der Waals surface area contributed by atoms with E-state index in [1.165, 1.54) is 0 Å². The van der Waals surface area contributed by atoms with E-state index < -0.39 is 5.68 Å². The van der Waals surface area contributed by atoms with Crippen LogP contribution in [0, 0.1) is 0 Å². The van der Waals surface area contributed by atoms with Crippen LogP contribution in [0.25, 0.3) is 0 Å². The molecule has 0 amide bonds. The van der Waals surface area contributed by atoms with Gasteiger partial charge < -0.3 is 5.64 Å². The van der Waals surface area contributed by atoms with Gasteiger partial charge in [0.05, 0.1) is 0 Å². The third-order valence-corrected chi connectivity index (χ3v) is 0. The SMILES string of the molecule is NB(Cl)Cl. The van der Waals surface area contributed by atoms with Crippen LogP contribution in [0.15, 0.2) is 0 Å². The zero-order valence-electron chi connectivity index (χ0n) is 1.91. The van der Waals surface area contributed by atoms with E-state index in [4.69, 9.17) is 22.9 Å². The largest absolute Gasteiger partial charge is 0.429 e. The molecule has 0 heterocycles. The first kappa shape index (κ1) is 4.60. The zero-order valence-corrected chi connectivity index (χ0v) is 3.42. The fourth-order valence-corrected chi connectivity index (χ4v) is 0. The second-order valence-corrected chi connectivity index (χ2v) is 1.50. The molecule has 1 nitrogen and oxygen atoms in total. The van der Waals surface area contributed by atoms with Gasteiger partial charge in [-0.1, -0.05) is 0 Å². The summed E-state index contributed by atoms with van der Waals surface area (Å²) in [6, 6.07) is 0. The summed E-state index contributed by atoms with van der Waals surface area (Å²) in [6.45, 7) is 0. The molecule has 0 aliphatic heterocycles. The number of nitrogens with two attached hydrogens (primary N) is 1. The van der Waals surface area contributed by atoms with Gasteiger partial charge in [-0.2, -0.15) is 0 Å². The third-order valence-electron chi connectivity index (χ3n) is 0. The summed E-state index contributed by atoms with van der Waals surface area (Å²) in [5.74, 6) is 0. The Hall–Kier alpha value is 0.605. The van der Waals surface area contributed by atoms with Gasteiger partial charge >= 0.3 is 5.68 Å². The van der Waals surface area contributed by atoms with E-state index in [9.17, 15) is 0 Å². The lowest BCUT2D eigenvalue weighted by Crippen LogP contribution is -2.06. The third kappa shape index (κ3) is 18.3. The maximum Gasteiger partial charge on any atom is 0.429 e. The molecule has 0 aliphatic carbocycles. The lowest BCUT2D eigenvalue weighted by atomic mass is 10.5. The average molecular weight is 97.7 g/mol. The highest BCUT2D eigenvalue weighted by Crippen LogP contribution is 1.79. The molecule has 0 spiro atoms. The van der Waals surface area contributed by atoms with Crippen LogP contribution in [0.2, 0.25) is 0 Å². The number of halogens is 2. The fraction of sp³-hybridized carbons (Fsp3) is 0. The standard InChI is InChI=1S/BCl2H2N/c2-1(3)4/h4H2. The smallest absolute Gasteiger partial charge is 0.342 e. The summed E-state index contributed by atoms with van der Waals surface area (Å²) < 4.78 is 0. The van der Waals surface area contributed by atoms with Crippen molar-refractivity contribution >= 4 is 28.6 Å². The van der Waals surface area contributed by atoms with Crippen molar-refractivity contribution in [3.63, 3.8) is 0 Å². The number of hydrogen-bond donors (Lipinski definition) is 1. The van der Waals surface area contributed by atoms with Crippen LogP contribution in [0.5, 0.6) is 0 Å². The molecule has 0 fully saturated rings. The lowest BCUT2D eigenvalue weighted by molar-refractivity contribution is 1.96. The van der Waals surface area contributed by atoms with Crippen LogP contribution in [0.1, 0.15) is 0 Å². The summed E-state index contributed by atoms with van der Waals surface area (Å²) in [6.07, 6.45) is 0. The summed E-state index contributed by atoms with van der Waals surface area (Å²) in [4.78, 5) is 0. The Morgan fingerprint density at radius 3 is 1.50 bits per heavy atom. The van der Waals surface area contributed by atoms with E-state index in [1.54, 1.807) is 0 Å². The van der Waals surface area contributed by atoms with Crippen molar-refractivity contribution in [1.29, 1.82) is 0 Å². The van der Waals surface area contributed by atoms with Gasteiger partial charge in [-0.3, -0.25) is 0 Å². The van der Waals surface area contributed by atoms with Crippen LogP contribution in [0.3, 0.4) is 0 Å². The van der Waals surface area contributed by atoms with Gasteiger partial charge in [0.15, 0.2) is 0 Å². The maximum absolute atomic E-state index is 4.82. The summed E-state index contributed by atoms with van der Waals surface area (Å²) in [5.41, 5.74) is 3.92. The molecule has 0 aromatic carbocycles. The lowest BCUT2D eigenvalue weighted by Gasteiger charge is -1.66. The van der Waals surface area contributed by atoms with E-state index in [-0.39, 0.29) is 0 Å². The Bertz CT molecular complexity index is 10.8. The summed E-state index contributed by atoms with van der Waals surface area (Å²) >= 11 is 9.64. The molecule has 4 heteroatoms. The van der Waals surface area contributed by atoms with E-state index in [0.29, 0.717) is 0 Å². The molecular weight excluding hydrogens is 95.7 g/mol. The Balaban J connectivity index is 2.32. The minimum absolute atomic E-state index is 0.722. The summed E-state index contributed by atoms with van der Waals surface area (Å²) in [7, 11) is 0. The quantitative estimate of drug-likeness (QED) is 0.436. The minimum atomic E-state index is -0.722. The number of rotatable bonds is 0. The molecule has 0 radical (unpaired) electrons. The van der Waals surface area contributed by atoms with Crippen LogP contribution in [0.4, 0.5) is 0 Å². The molecule has 2 N–H and O–H groups in total. The first-order valence-corrected chi connectivity index (χ1v) is 1.64. The monoisotopic (exact) mass is 97.0 g/mol. The molecular formula is H2BCl2N. The molecule has 0 aromatic rings. The van der Waals surface area contributed by atoms with Gasteiger partial charge in [-0.25, -0.2) is 0 Å². The zero-order chi connectivity index (χ0) is 3.58. The van der Waals surface area contributed by atoms with Gasteiger partial charge in [-0.15, -0.1) is 22.9 Å². The molecule has 24 valence electrons. The molecule has 0 aliphatic rings. The molecule has 0 rings (SSSR count). The van der Waals surface area contributed by atoms with E-state index in [0.717, 1.165) is 0 Å². The van der Waals surface area contributed by atoms with Crippen LogP contribution in [-0.2, 0) is 0 Å². The van der Waals surface area contributed by atoms with Crippen LogP contribution < -0.4 is 5.64 Å².